The summed E-state index contributed by atoms with van der Waals surface area (Å²) in [6.45, 7) is 1.83. The SMILES string of the molecule is Cc1nnc(NC(=O)C(Sc2cccc(NC(=O)c3ccco3)c2)c2ccccc2)s1. The molecule has 0 aliphatic heterocycles. The Balaban J connectivity index is 1.54. The van der Waals surface area contributed by atoms with E-state index in [0.29, 0.717) is 10.8 Å². The minimum atomic E-state index is -0.513. The number of benzene rings is 2. The Bertz CT molecular complexity index is 1180. The molecule has 2 heterocycles. The van der Waals surface area contributed by atoms with E-state index in [0.717, 1.165) is 15.5 Å². The third-order valence-electron chi connectivity index (χ3n) is 4.19. The summed E-state index contributed by atoms with van der Waals surface area (Å²) in [6, 6.07) is 20.1. The van der Waals surface area contributed by atoms with E-state index in [1.54, 1.807) is 18.2 Å². The van der Waals surface area contributed by atoms with Crippen LogP contribution in [0.2, 0.25) is 0 Å². The summed E-state index contributed by atoms with van der Waals surface area (Å²) in [7, 11) is 0. The zero-order chi connectivity index (χ0) is 21.6. The van der Waals surface area contributed by atoms with Crippen molar-refractivity contribution in [1.82, 2.24) is 10.2 Å². The number of aryl methyl sites for hydroxylation is 1. The molecule has 1 atom stereocenters. The minimum absolute atomic E-state index is 0.197. The number of rotatable bonds is 7. The van der Waals surface area contributed by atoms with Gasteiger partial charge in [-0.3, -0.25) is 14.9 Å². The molecule has 0 saturated carbocycles. The molecule has 2 aromatic carbocycles. The first kappa shape index (κ1) is 20.8. The molecule has 0 saturated heterocycles. The third-order valence-corrected chi connectivity index (χ3v) is 6.19. The summed E-state index contributed by atoms with van der Waals surface area (Å²) in [6.07, 6.45) is 1.45. The van der Waals surface area contributed by atoms with Crippen molar-refractivity contribution in [1.29, 1.82) is 0 Å². The second kappa shape index (κ2) is 9.59. The number of hydrogen-bond acceptors (Lipinski definition) is 7. The maximum Gasteiger partial charge on any atom is 0.291 e. The lowest BCUT2D eigenvalue weighted by atomic mass is 10.1. The van der Waals surface area contributed by atoms with Gasteiger partial charge in [0.2, 0.25) is 11.0 Å². The summed E-state index contributed by atoms with van der Waals surface area (Å²) in [5.74, 6) is -0.305. The molecule has 0 spiro atoms. The van der Waals surface area contributed by atoms with Crippen LogP contribution < -0.4 is 10.6 Å². The second-order valence-corrected chi connectivity index (χ2v) is 8.84. The minimum Gasteiger partial charge on any atom is -0.459 e. The van der Waals surface area contributed by atoms with E-state index in [9.17, 15) is 9.59 Å². The van der Waals surface area contributed by atoms with Gasteiger partial charge in [0.1, 0.15) is 10.3 Å². The smallest absolute Gasteiger partial charge is 0.291 e. The van der Waals surface area contributed by atoms with Gasteiger partial charge in [0.05, 0.1) is 6.26 Å². The van der Waals surface area contributed by atoms with Crippen LogP contribution >= 0.6 is 23.1 Å². The fourth-order valence-electron chi connectivity index (χ4n) is 2.80. The van der Waals surface area contributed by atoms with Crippen LogP contribution in [0.4, 0.5) is 10.8 Å². The first-order valence-corrected chi connectivity index (χ1v) is 11.1. The fourth-order valence-corrected chi connectivity index (χ4v) is 4.48. The van der Waals surface area contributed by atoms with Crippen LogP contribution in [0, 0.1) is 6.92 Å². The van der Waals surface area contributed by atoms with E-state index >= 15 is 0 Å². The molecular formula is C22H18N4O3S2. The highest BCUT2D eigenvalue weighted by molar-refractivity contribution is 8.00. The molecule has 156 valence electrons. The summed E-state index contributed by atoms with van der Waals surface area (Å²) in [5.41, 5.74) is 1.47. The number of carbonyl (C=O) groups excluding carboxylic acids is 2. The van der Waals surface area contributed by atoms with Crippen LogP contribution in [0.1, 0.15) is 26.4 Å². The summed E-state index contributed by atoms with van der Waals surface area (Å²) in [4.78, 5) is 26.2. The Kier molecular flexibility index (Phi) is 6.44. The highest BCUT2D eigenvalue weighted by Gasteiger charge is 2.23. The van der Waals surface area contributed by atoms with Crippen molar-refractivity contribution in [2.45, 2.75) is 17.1 Å². The standard InChI is InChI=1S/C22H18N4O3S2/c1-14-25-26-22(30-14)24-21(28)19(15-7-3-2-4-8-15)31-17-10-5-9-16(13-17)23-20(27)18-11-6-12-29-18/h2-13,19H,1H3,(H,23,27)(H,24,26,28). The van der Waals surface area contributed by atoms with Crippen molar-refractivity contribution >= 4 is 45.7 Å². The predicted molar refractivity (Wildman–Crippen MR) is 121 cm³/mol. The van der Waals surface area contributed by atoms with E-state index in [1.165, 1.54) is 29.4 Å². The molecule has 2 N–H and O–H groups in total. The van der Waals surface area contributed by atoms with Crippen LogP contribution in [-0.2, 0) is 4.79 Å². The summed E-state index contributed by atoms with van der Waals surface area (Å²) in [5, 5.41) is 14.3. The number of furan rings is 1. The molecular weight excluding hydrogens is 432 g/mol. The van der Waals surface area contributed by atoms with Crippen LogP contribution in [-0.4, -0.2) is 22.0 Å². The number of aromatic nitrogens is 2. The van der Waals surface area contributed by atoms with Gasteiger partial charge in [-0.25, -0.2) is 0 Å². The van der Waals surface area contributed by atoms with E-state index < -0.39 is 5.25 Å². The van der Waals surface area contributed by atoms with Gasteiger partial charge in [0.15, 0.2) is 5.76 Å². The molecule has 1 unspecified atom stereocenters. The molecule has 0 aliphatic rings. The number of nitrogens with zero attached hydrogens (tertiary/aromatic N) is 2. The molecule has 7 nitrogen and oxygen atoms in total. The van der Waals surface area contributed by atoms with Crippen molar-refractivity contribution in [2.75, 3.05) is 10.6 Å². The Hall–Kier alpha value is -3.43. The fraction of sp³-hybridized carbons (Fsp3) is 0.0909. The van der Waals surface area contributed by atoms with Gasteiger partial charge in [-0.05, 0) is 42.8 Å². The first-order chi connectivity index (χ1) is 15.1. The quantitative estimate of drug-likeness (QED) is 0.377. The Morgan fingerprint density at radius 2 is 1.84 bits per heavy atom. The van der Waals surface area contributed by atoms with Crippen LogP contribution in [0.15, 0.2) is 82.3 Å². The van der Waals surface area contributed by atoms with Gasteiger partial charge >= 0.3 is 0 Å². The Morgan fingerprint density at radius 3 is 2.55 bits per heavy atom. The predicted octanol–water partition coefficient (Wildman–Crippen LogP) is 5.16. The lowest BCUT2D eigenvalue weighted by Crippen LogP contribution is -2.19. The molecule has 9 heteroatoms. The van der Waals surface area contributed by atoms with Crippen molar-refractivity contribution in [3.05, 3.63) is 89.3 Å². The largest absolute Gasteiger partial charge is 0.459 e. The molecule has 4 aromatic rings. The summed E-state index contributed by atoms with van der Waals surface area (Å²) < 4.78 is 5.13. The van der Waals surface area contributed by atoms with Crippen molar-refractivity contribution in [3.63, 3.8) is 0 Å². The first-order valence-electron chi connectivity index (χ1n) is 9.36. The monoisotopic (exact) mass is 450 g/mol. The van der Waals surface area contributed by atoms with Gasteiger partial charge in [0, 0.05) is 10.6 Å². The van der Waals surface area contributed by atoms with Crippen molar-refractivity contribution in [2.24, 2.45) is 0 Å². The van der Waals surface area contributed by atoms with Crippen LogP contribution in [0.3, 0.4) is 0 Å². The molecule has 0 radical (unpaired) electrons. The van der Waals surface area contributed by atoms with Crippen molar-refractivity contribution in [3.8, 4) is 0 Å². The molecule has 0 aliphatic carbocycles. The van der Waals surface area contributed by atoms with Gasteiger partial charge in [-0.15, -0.1) is 22.0 Å². The molecule has 4 rings (SSSR count). The maximum absolute atomic E-state index is 13.1. The van der Waals surface area contributed by atoms with Gasteiger partial charge in [-0.2, -0.15) is 0 Å². The number of carbonyl (C=O) groups is 2. The topological polar surface area (TPSA) is 97.1 Å². The third kappa shape index (κ3) is 5.39. The number of nitrogens with one attached hydrogen (secondary N) is 2. The lowest BCUT2D eigenvalue weighted by Gasteiger charge is -2.16. The van der Waals surface area contributed by atoms with Crippen molar-refractivity contribution < 1.29 is 14.0 Å². The van der Waals surface area contributed by atoms with Crippen LogP contribution in [0.5, 0.6) is 0 Å². The number of amides is 2. The number of thioether (sulfide) groups is 1. The highest BCUT2D eigenvalue weighted by atomic mass is 32.2. The Labute approximate surface area is 186 Å². The molecule has 2 aromatic heterocycles. The number of anilines is 2. The van der Waals surface area contributed by atoms with E-state index in [2.05, 4.69) is 20.8 Å². The molecule has 2 amide bonds. The zero-order valence-corrected chi connectivity index (χ0v) is 18.1. The number of hydrogen-bond donors (Lipinski definition) is 2. The molecule has 0 fully saturated rings. The normalized spacial score (nSPS) is 11.6. The van der Waals surface area contributed by atoms with Gasteiger partial charge < -0.3 is 9.73 Å². The Morgan fingerprint density at radius 1 is 1.00 bits per heavy atom. The van der Waals surface area contributed by atoms with E-state index in [1.807, 2.05) is 55.5 Å². The summed E-state index contributed by atoms with van der Waals surface area (Å²) >= 11 is 2.71. The van der Waals surface area contributed by atoms with E-state index in [-0.39, 0.29) is 17.6 Å². The van der Waals surface area contributed by atoms with Gasteiger partial charge in [0.25, 0.3) is 5.91 Å². The second-order valence-electron chi connectivity index (χ2n) is 6.48. The average molecular weight is 451 g/mol. The highest BCUT2D eigenvalue weighted by Crippen LogP contribution is 2.37. The average Bonchev–Trinajstić information content (AvgIpc) is 3.45. The maximum atomic E-state index is 13.1. The van der Waals surface area contributed by atoms with Crippen LogP contribution in [0.25, 0.3) is 0 Å². The zero-order valence-electron chi connectivity index (χ0n) is 16.4. The molecule has 31 heavy (non-hydrogen) atoms. The van der Waals surface area contributed by atoms with Gasteiger partial charge in [-0.1, -0.05) is 47.7 Å². The lowest BCUT2D eigenvalue weighted by molar-refractivity contribution is -0.115. The molecule has 0 bridgehead atoms. The van der Waals surface area contributed by atoms with E-state index in [4.69, 9.17) is 4.42 Å².